The predicted octanol–water partition coefficient (Wildman–Crippen LogP) is 3.32. The molecule has 2 N–H and O–H groups in total. The number of para-hydroxylation sites is 1. The van der Waals surface area contributed by atoms with E-state index >= 15 is 0 Å². The van der Waals surface area contributed by atoms with Crippen LogP contribution in [0.4, 0.5) is 5.69 Å². The predicted molar refractivity (Wildman–Crippen MR) is 93.4 cm³/mol. The first-order valence-electron chi connectivity index (χ1n) is 7.55. The lowest BCUT2D eigenvalue weighted by Gasteiger charge is -2.04. The lowest BCUT2D eigenvalue weighted by molar-refractivity contribution is -0.126. The third-order valence-corrected chi connectivity index (χ3v) is 3.76. The lowest BCUT2D eigenvalue weighted by atomic mass is 10.1. The highest BCUT2D eigenvalue weighted by Gasteiger charge is 2.19. The highest BCUT2D eigenvalue weighted by atomic mass is 16.3. The summed E-state index contributed by atoms with van der Waals surface area (Å²) < 4.78 is 1.50. The number of carbonyl (C=O) groups excluding carboxylic acids is 1. The number of carbonyl (C=O) groups is 1. The molecule has 0 unspecified atom stereocenters. The van der Waals surface area contributed by atoms with Crippen molar-refractivity contribution in [2.45, 2.75) is 12.6 Å². The van der Waals surface area contributed by atoms with Crippen molar-refractivity contribution in [1.82, 2.24) is 4.57 Å². The normalized spacial score (nSPS) is 12.3. The fourth-order valence-electron chi connectivity index (χ4n) is 2.55. The van der Waals surface area contributed by atoms with Gasteiger partial charge in [0.2, 0.25) is 5.88 Å². The Hall–Kier alpha value is -3.43. The maximum absolute atomic E-state index is 12.1. The molecule has 0 fully saturated rings. The van der Waals surface area contributed by atoms with Crippen molar-refractivity contribution >= 4 is 22.5 Å². The van der Waals surface area contributed by atoms with E-state index in [2.05, 4.69) is 16.1 Å². The van der Waals surface area contributed by atoms with E-state index in [1.807, 2.05) is 0 Å². The van der Waals surface area contributed by atoms with Gasteiger partial charge in [-0.15, -0.1) is 16.7 Å². The van der Waals surface area contributed by atoms with Crippen LogP contribution < -0.4 is 0 Å². The molecule has 1 heterocycles. The van der Waals surface area contributed by atoms with Crippen molar-refractivity contribution in [2.75, 3.05) is 0 Å². The van der Waals surface area contributed by atoms with E-state index in [4.69, 9.17) is 6.42 Å². The largest absolute Gasteiger partial charge is 0.493 e. The van der Waals surface area contributed by atoms with Gasteiger partial charge in [-0.05, 0) is 11.6 Å². The molecule has 6 heteroatoms. The van der Waals surface area contributed by atoms with Crippen LogP contribution in [-0.4, -0.2) is 20.7 Å². The maximum Gasteiger partial charge on any atom is 0.297 e. The Morgan fingerprint density at radius 3 is 2.56 bits per heavy atom. The van der Waals surface area contributed by atoms with Gasteiger partial charge in [0.05, 0.1) is 12.1 Å². The number of rotatable bonds is 4. The molecule has 3 aromatic rings. The molecular weight excluding hydrogens is 318 g/mol. The summed E-state index contributed by atoms with van der Waals surface area (Å²) in [5.41, 5.74) is 1.24. The van der Waals surface area contributed by atoms with Gasteiger partial charge in [-0.3, -0.25) is 9.36 Å². The van der Waals surface area contributed by atoms with Gasteiger partial charge in [-0.1, -0.05) is 54.5 Å². The van der Waals surface area contributed by atoms with Crippen molar-refractivity contribution < 1.29 is 15.0 Å². The maximum atomic E-state index is 12.1. The molecular formula is C19H15N3O3. The highest BCUT2D eigenvalue weighted by molar-refractivity contribution is 5.95. The number of fused-ring (bicyclic) bond motifs is 1. The molecule has 0 aliphatic carbocycles. The molecule has 0 aliphatic rings. The Morgan fingerprint density at radius 1 is 1.16 bits per heavy atom. The zero-order valence-electron chi connectivity index (χ0n) is 13.2. The summed E-state index contributed by atoms with van der Waals surface area (Å²) in [5, 5.41) is 28.4. The van der Waals surface area contributed by atoms with Crippen LogP contribution in [-0.2, 0) is 11.3 Å². The van der Waals surface area contributed by atoms with Gasteiger partial charge in [-0.25, -0.2) is 0 Å². The van der Waals surface area contributed by atoms with Crippen molar-refractivity contribution in [3.63, 3.8) is 0 Å². The second kappa shape index (κ2) is 6.99. The van der Waals surface area contributed by atoms with Crippen LogP contribution in [0.3, 0.4) is 0 Å². The third kappa shape index (κ3) is 3.13. The number of amides is 1. The van der Waals surface area contributed by atoms with Gasteiger partial charge in [0.15, 0.2) is 11.8 Å². The van der Waals surface area contributed by atoms with Crippen molar-refractivity contribution in [2.24, 2.45) is 10.2 Å². The second-order valence-corrected chi connectivity index (χ2v) is 5.33. The van der Waals surface area contributed by atoms with Gasteiger partial charge >= 0.3 is 0 Å². The topological polar surface area (TPSA) is 87.2 Å². The number of nitrogens with zero attached hydrogens (tertiary/aromatic N) is 3. The lowest BCUT2D eigenvalue weighted by Crippen LogP contribution is -2.08. The van der Waals surface area contributed by atoms with Gasteiger partial charge < -0.3 is 10.2 Å². The Balaban J connectivity index is 1.95. The van der Waals surface area contributed by atoms with Crippen LogP contribution in [0.2, 0.25) is 0 Å². The minimum absolute atomic E-state index is 0.138. The molecule has 2 aromatic carbocycles. The summed E-state index contributed by atoms with van der Waals surface area (Å²) in [6, 6.07) is 15.6. The molecule has 3 rings (SSSR count). The van der Waals surface area contributed by atoms with E-state index in [9.17, 15) is 15.0 Å². The summed E-state index contributed by atoms with van der Waals surface area (Å²) in [6.45, 7) is 0.155. The quantitative estimate of drug-likeness (QED) is 0.567. The summed E-state index contributed by atoms with van der Waals surface area (Å²) in [4.78, 5) is 12.1. The number of azo groups is 1. The van der Waals surface area contributed by atoms with Crippen molar-refractivity contribution in [3.05, 3.63) is 60.2 Å². The summed E-state index contributed by atoms with van der Waals surface area (Å²) in [7, 11) is 0. The molecule has 1 amide bonds. The van der Waals surface area contributed by atoms with Crippen molar-refractivity contribution in [3.8, 4) is 18.2 Å². The highest BCUT2D eigenvalue weighted by Crippen LogP contribution is 2.38. The first-order chi connectivity index (χ1) is 12.1. The standard InChI is InChI=1S/C19H15N3O3/c1-2-12-22-15-11-7-6-10-14(15)16(19(22)25)20-21-18(24)17(23)13-8-4-3-5-9-13/h1,3-11,17,23,25H,12H2/t17-/m0/s1. The number of aromatic hydroxyl groups is 1. The van der Waals surface area contributed by atoms with E-state index in [0.717, 1.165) is 0 Å². The second-order valence-electron chi connectivity index (χ2n) is 5.33. The number of hydrogen-bond donors (Lipinski definition) is 2. The molecule has 0 radical (unpaired) electrons. The van der Waals surface area contributed by atoms with E-state index in [0.29, 0.717) is 16.5 Å². The monoisotopic (exact) mass is 333 g/mol. The van der Waals surface area contributed by atoms with Crippen LogP contribution in [0.5, 0.6) is 5.88 Å². The number of hydrogen-bond acceptors (Lipinski definition) is 4. The Labute approximate surface area is 144 Å². The van der Waals surface area contributed by atoms with Crippen LogP contribution in [0.1, 0.15) is 11.7 Å². The molecule has 0 bridgehead atoms. The average molecular weight is 333 g/mol. The molecule has 1 atom stereocenters. The van der Waals surface area contributed by atoms with Crippen molar-refractivity contribution in [1.29, 1.82) is 0 Å². The van der Waals surface area contributed by atoms with E-state index in [1.54, 1.807) is 54.6 Å². The summed E-state index contributed by atoms with van der Waals surface area (Å²) >= 11 is 0. The molecule has 6 nitrogen and oxygen atoms in total. The Bertz CT molecular complexity index is 984. The number of terminal acetylenes is 1. The SMILES string of the molecule is C#CCn1c(O)c(N=NC(=O)[C@@H](O)c2ccccc2)c2ccccc21. The summed E-state index contributed by atoms with van der Waals surface area (Å²) in [6.07, 6.45) is 3.92. The smallest absolute Gasteiger partial charge is 0.297 e. The zero-order chi connectivity index (χ0) is 17.8. The summed E-state index contributed by atoms with van der Waals surface area (Å²) in [5.74, 6) is 1.46. The minimum Gasteiger partial charge on any atom is -0.493 e. The van der Waals surface area contributed by atoms with Gasteiger partial charge in [-0.2, -0.15) is 0 Å². The van der Waals surface area contributed by atoms with Crippen LogP contribution >= 0.6 is 0 Å². The van der Waals surface area contributed by atoms with E-state index < -0.39 is 12.0 Å². The zero-order valence-corrected chi connectivity index (χ0v) is 13.2. The number of aliphatic hydroxyl groups excluding tert-OH is 1. The Morgan fingerprint density at radius 2 is 1.84 bits per heavy atom. The molecule has 0 saturated heterocycles. The van der Waals surface area contributed by atoms with Crippen LogP contribution in [0.15, 0.2) is 64.8 Å². The van der Waals surface area contributed by atoms with Gasteiger partial charge in [0, 0.05) is 5.39 Å². The van der Waals surface area contributed by atoms with Gasteiger partial charge in [0.25, 0.3) is 5.91 Å². The fourth-order valence-corrected chi connectivity index (χ4v) is 2.55. The number of aromatic nitrogens is 1. The average Bonchev–Trinajstić information content (AvgIpc) is 2.92. The molecule has 124 valence electrons. The van der Waals surface area contributed by atoms with E-state index in [1.165, 1.54) is 4.57 Å². The van der Waals surface area contributed by atoms with Crippen LogP contribution in [0.25, 0.3) is 10.9 Å². The molecule has 0 aliphatic heterocycles. The Kier molecular flexibility index (Phi) is 4.59. The van der Waals surface area contributed by atoms with Crippen LogP contribution in [0, 0.1) is 12.3 Å². The van der Waals surface area contributed by atoms with E-state index in [-0.39, 0.29) is 18.1 Å². The number of aliphatic hydroxyl groups is 1. The fraction of sp³-hybridized carbons (Fsp3) is 0.105. The molecule has 1 aromatic heterocycles. The first-order valence-corrected chi connectivity index (χ1v) is 7.55. The molecule has 0 saturated carbocycles. The number of benzene rings is 2. The van der Waals surface area contributed by atoms with Gasteiger partial charge in [0.1, 0.15) is 0 Å². The molecule has 0 spiro atoms. The molecule has 25 heavy (non-hydrogen) atoms. The first kappa shape index (κ1) is 16.4. The minimum atomic E-state index is -1.41. The third-order valence-electron chi connectivity index (χ3n) is 3.76.